The van der Waals surface area contributed by atoms with Gasteiger partial charge in [-0.3, -0.25) is 0 Å². The summed E-state index contributed by atoms with van der Waals surface area (Å²) in [5, 5.41) is 0. The zero-order chi connectivity index (χ0) is 13.1. The van der Waals surface area contributed by atoms with Gasteiger partial charge in [0.15, 0.2) is 0 Å². The van der Waals surface area contributed by atoms with Crippen LogP contribution >= 0.6 is 0 Å². The number of anilines is 1. The Labute approximate surface area is 108 Å². The van der Waals surface area contributed by atoms with Crippen LogP contribution in [0.4, 0.5) is 5.82 Å². The van der Waals surface area contributed by atoms with Gasteiger partial charge in [-0.2, -0.15) is 0 Å². The van der Waals surface area contributed by atoms with Gasteiger partial charge in [0.05, 0.1) is 6.54 Å². The summed E-state index contributed by atoms with van der Waals surface area (Å²) in [5.41, 5.74) is 9.24. The molecule has 0 unspecified atom stereocenters. The predicted molar refractivity (Wildman–Crippen MR) is 75.0 cm³/mol. The van der Waals surface area contributed by atoms with Crippen molar-refractivity contribution in [3.8, 4) is 23.6 Å². The van der Waals surface area contributed by atoms with Crippen LogP contribution in [0.15, 0.2) is 24.3 Å². The van der Waals surface area contributed by atoms with Crippen LogP contribution in [0.5, 0.6) is 0 Å². The lowest BCUT2D eigenvalue weighted by Gasteiger charge is -2.03. The van der Waals surface area contributed by atoms with E-state index in [1.54, 1.807) is 0 Å². The number of benzene rings is 1. The molecule has 0 atom stereocenters. The number of aryl methyl sites for hydroxylation is 2. The quantitative estimate of drug-likeness (QED) is 0.837. The summed E-state index contributed by atoms with van der Waals surface area (Å²) < 4.78 is 1.85. The molecule has 2 N–H and O–H groups in total. The van der Waals surface area contributed by atoms with E-state index in [4.69, 9.17) is 12.2 Å². The Bertz CT molecular complexity index is 585. The summed E-state index contributed by atoms with van der Waals surface area (Å²) in [6, 6.07) is 8.31. The third-order valence-electron chi connectivity index (χ3n) is 3.08. The smallest absolute Gasteiger partial charge is 0.132 e. The topological polar surface area (TPSA) is 43.8 Å². The molecule has 0 aliphatic heterocycles. The van der Waals surface area contributed by atoms with Crippen LogP contribution < -0.4 is 5.73 Å². The minimum Gasteiger partial charge on any atom is -0.383 e. The molecule has 1 heterocycles. The highest BCUT2D eigenvalue weighted by atomic mass is 15.1. The van der Waals surface area contributed by atoms with E-state index in [9.17, 15) is 0 Å². The van der Waals surface area contributed by atoms with Gasteiger partial charge in [0.25, 0.3) is 0 Å². The molecule has 0 spiro atoms. The number of hydrogen-bond donors (Lipinski definition) is 1. The molecule has 0 aliphatic rings. The number of aromatic nitrogens is 2. The Hall–Kier alpha value is -2.21. The van der Waals surface area contributed by atoms with Crippen LogP contribution in [0, 0.1) is 19.3 Å². The summed E-state index contributed by atoms with van der Waals surface area (Å²) in [5.74, 6) is 4.07. The largest absolute Gasteiger partial charge is 0.383 e. The number of hydrogen-bond acceptors (Lipinski definition) is 2. The van der Waals surface area contributed by atoms with E-state index in [0.29, 0.717) is 12.4 Å². The summed E-state index contributed by atoms with van der Waals surface area (Å²) in [4.78, 5) is 4.50. The fourth-order valence-corrected chi connectivity index (χ4v) is 1.98. The molecule has 0 saturated heterocycles. The molecule has 0 amide bonds. The SMILES string of the molecule is C#CCn1c(C)nc(-c2ccc(CC)cc2)c1N. The van der Waals surface area contributed by atoms with E-state index in [0.717, 1.165) is 23.5 Å². The molecule has 18 heavy (non-hydrogen) atoms. The Morgan fingerprint density at radius 3 is 2.56 bits per heavy atom. The van der Waals surface area contributed by atoms with Gasteiger partial charge in [0.1, 0.15) is 17.3 Å². The number of terminal acetylenes is 1. The molecule has 0 bridgehead atoms. The standard InChI is InChI=1S/C15H17N3/c1-4-10-18-11(3)17-14(15(18)16)13-8-6-12(5-2)7-9-13/h1,6-9H,5,10,16H2,2-3H3. The predicted octanol–water partition coefficient (Wildman–Crippen LogP) is 2.64. The number of nitrogens with zero attached hydrogens (tertiary/aromatic N) is 2. The van der Waals surface area contributed by atoms with Crippen molar-refractivity contribution in [1.29, 1.82) is 0 Å². The van der Waals surface area contributed by atoms with E-state index >= 15 is 0 Å². The number of nitrogens with two attached hydrogens (primary N) is 1. The molecule has 92 valence electrons. The molecule has 3 nitrogen and oxygen atoms in total. The molecule has 0 fully saturated rings. The highest BCUT2D eigenvalue weighted by Crippen LogP contribution is 2.26. The Morgan fingerprint density at radius 2 is 2.00 bits per heavy atom. The van der Waals surface area contributed by atoms with Gasteiger partial charge in [-0.15, -0.1) is 6.42 Å². The van der Waals surface area contributed by atoms with Gasteiger partial charge in [-0.05, 0) is 18.9 Å². The van der Waals surface area contributed by atoms with Crippen molar-refractivity contribution in [3.05, 3.63) is 35.7 Å². The number of imidazole rings is 1. The second kappa shape index (κ2) is 4.97. The van der Waals surface area contributed by atoms with Gasteiger partial charge in [0, 0.05) is 5.56 Å². The molecule has 3 heteroatoms. The first-order valence-corrected chi connectivity index (χ1v) is 6.02. The van der Waals surface area contributed by atoms with Crippen molar-refractivity contribution in [2.45, 2.75) is 26.8 Å². The zero-order valence-corrected chi connectivity index (χ0v) is 10.8. The first-order chi connectivity index (χ1) is 8.67. The second-order valence-electron chi connectivity index (χ2n) is 4.23. The third-order valence-corrected chi connectivity index (χ3v) is 3.08. The second-order valence-corrected chi connectivity index (χ2v) is 4.23. The van der Waals surface area contributed by atoms with E-state index in [-0.39, 0.29) is 0 Å². The van der Waals surface area contributed by atoms with E-state index in [2.05, 4.69) is 42.1 Å². The molecule has 2 aromatic rings. The molecular formula is C15H17N3. The van der Waals surface area contributed by atoms with Gasteiger partial charge >= 0.3 is 0 Å². The van der Waals surface area contributed by atoms with Crippen molar-refractivity contribution < 1.29 is 0 Å². The molecular weight excluding hydrogens is 222 g/mol. The Kier molecular flexibility index (Phi) is 3.38. The first kappa shape index (κ1) is 12.3. The van der Waals surface area contributed by atoms with E-state index in [1.165, 1.54) is 5.56 Å². The van der Waals surface area contributed by atoms with Crippen LogP contribution in [0.25, 0.3) is 11.3 Å². The third kappa shape index (κ3) is 2.10. The lowest BCUT2D eigenvalue weighted by atomic mass is 10.1. The normalized spacial score (nSPS) is 10.3. The Balaban J connectivity index is 2.44. The van der Waals surface area contributed by atoms with Crippen molar-refractivity contribution in [2.75, 3.05) is 5.73 Å². The van der Waals surface area contributed by atoms with E-state index < -0.39 is 0 Å². The number of nitrogen functional groups attached to an aromatic ring is 1. The summed E-state index contributed by atoms with van der Waals surface area (Å²) in [7, 11) is 0. The molecule has 1 aromatic carbocycles. The highest BCUT2D eigenvalue weighted by molar-refractivity contribution is 5.71. The molecule has 0 radical (unpaired) electrons. The minimum absolute atomic E-state index is 0.456. The molecule has 0 saturated carbocycles. The van der Waals surface area contributed by atoms with Gasteiger partial charge in [0.2, 0.25) is 0 Å². The van der Waals surface area contributed by atoms with Crippen molar-refractivity contribution in [1.82, 2.24) is 9.55 Å². The van der Waals surface area contributed by atoms with Gasteiger partial charge in [-0.1, -0.05) is 37.1 Å². The fraction of sp³-hybridized carbons (Fsp3) is 0.267. The average molecular weight is 239 g/mol. The van der Waals surface area contributed by atoms with Crippen LogP contribution in [0.2, 0.25) is 0 Å². The summed E-state index contributed by atoms with van der Waals surface area (Å²) >= 11 is 0. The maximum absolute atomic E-state index is 6.10. The summed E-state index contributed by atoms with van der Waals surface area (Å²) in [6.07, 6.45) is 6.36. The molecule has 0 aliphatic carbocycles. The van der Waals surface area contributed by atoms with Gasteiger partial charge < -0.3 is 10.3 Å². The summed E-state index contributed by atoms with van der Waals surface area (Å²) in [6.45, 7) is 4.50. The Morgan fingerprint density at radius 1 is 1.33 bits per heavy atom. The average Bonchev–Trinajstić information content (AvgIpc) is 2.67. The highest BCUT2D eigenvalue weighted by Gasteiger charge is 2.12. The first-order valence-electron chi connectivity index (χ1n) is 6.02. The van der Waals surface area contributed by atoms with Crippen molar-refractivity contribution in [3.63, 3.8) is 0 Å². The molecule has 2 rings (SSSR count). The lowest BCUT2D eigenvalue weighted by Crippen LogP contribution is -2.03. The maximum Gasteiger partial charge on any atom is 0.132 e. The van der Waals surface area contributed by atoms with Crippen LogP contribution in [-0.4, -0.2) is 9.55 Å². The maximum atomic E-state index is 6.10. The monoisotopic (exact) mass is 239 g/mol. The number of rotatable bonds is 3. The minimum atomic E-state index is 0.456. The lowest BCUT2D eigenvalue weighted by molar-refractivity contribution is 0.807. The van der Waals surface area contributed by atoms with E-state index in [1.807, 2.05) is 11.5 Å². The fourth-order valence-electron chi connectivity index (χ4n) is 1.98. The molecule has 1 aromatic heterocycles. The van der Waals surface area contributed by atoms with Gasteiger partial charge in [-0.25, -0.2) is 4.98 Å². The van der Waals surface area contributed by atoms with Crippen LogP contribution in [0.3, 0.4) is 0 Å². The van der Waals surface area contributed by atoms with Crippen LogP contribution in [-0.2, 0) is 13.0 Å². The van der Waals surface area contributed by atoms with Crippen LogP contribution in [0.1, 0.15) is 18.3 Å². The van der Waals surface area contributed by atoms with Crippen molar-refractivity contribution >= 4 is 5.82 Å². The zero-order valence-electron chi connectivity index (χ0n) is 10.8. The van der Waals surface area contributed by atoms with Crippen molar-refractivity contribution in [2.24, 2.45) is 0 Å².